The van der Waals surface area contributed by atoms with Crippen molar-refractivity contribution >= 4 is 5.91 Å². The van der Waals surface area contributed by atoms with Gasteiger partial charge >= 0.3 is 0 Å². The Labute approximate surface area is 106 Å². The van der Waals surface area contributed by atoms with Crippen LogP contribution in [0.5, 0.6) is 0 Å². The molecule has 0 unspecified atom stereocenters. The summed E-state index contributed by atoms with van der Waals surface area (Å²) in [4.78, 5) is 16.0. The summed E-state index contributed by atoms with van der Waals surface area (Å²) in [6.45, 7) is 0.389. The van der Waals surface area contributed by atoms with Gasteiger partial charge in [-0.3, -0.25) is 9.78 Å². The Balaban J connectivity index is 1.93. The highest BCUT2D eigenvalue weighted by Crippen LogP contribution is 2.09. The van der Waals surface area contributed by atoms with Crippen molar-refractivity contribution in [3.63, 3.8) is 0 Å². The molecule has 0 bridgehead atoms. The molecule has 2 aromatic rings. The quantitative estimate of drug-likeness (QED) is 0.850. The van der Waals surface area contributed by atoms with Crippen LogP contribution < -0.4 is 11.1 Å². The van der Waals surface area contributed by atoms with Gasteiger partial charge in [0.25, 0.3) is 0 Å². The number of benzene rings is 1. The van der Waals surface area contributed by atoms with Crippen LogP contribution in [0.3, 0.4) is 0 Å². The maximum atomic E-state index is 11.9. The van der Waals surface area contributed by atoms with Crippen molar-refractivity contribution in [3.8, 4) is 0 Å². The van der Waals surface area contributed by atoms with Crippen molar-refractivity contribution in [2.24, 2.45) is 5.73 Å². The zero-order chi connectivity index (χ0) is 12.8. The van der Waals surface area contributed by atoms with Gasteiger partial charge in [-0.25, -0.2) is 0 Å². The van der Waals surface area contributed by atoms with Gasteiger partial charge in [-0.15, -0.1) is 0 Å². The minimum absolute atomic E-state index is 0.202. The standard InChI is InChI=1S/C14H15N3O/c15-13(11-6-2-1-3-7-11)14(18)17-10-12-8-4-5-9-16-12/h1-9,13H,10,15H2,(H,17,18)/t13-/m1/s1. The van der Waals surface area contributed by atoms with E-state index in [2.05, 4.69) is 10.3 Å². The number of carbonyl (C=O) groups is 1. The van der Waals surface area contributed by atoms with E-state index >= 15 is 0 Å². The van der Waals surface area contributed by atoms with E-state index in [0.29, 0.717) is 6.54 Å². The lowest BCUT2D eigenvalue weighted by molar-refractivity contribution is -0.122. The lowest BCUT2D eigenvalue weighted by Gasteiger charge is -2.12. The van der Waals surface area contributed by atoms with Crippen LogP contribution >= 0.6 is 0 Å². The fraction of sp³-hybridized carbons (Fsp3) is 0.143. The lowest BCUT2D eigenvalue weighted by atomic mass is 10.1. The average Bonchev–Trinajstić information content (AvgIpc) is 2.46. The summed E-state index contributed by atoms with van der Waals surface area (Å²) in [7, 11) is 0. The first kappa shape index (κ1) is 12.3. The Bertz CT molecular complexity index is 499. The zero-order valence-corrected chi connectivity index (χ0v) is 9.91. The predicted octanol–water partition coefficient (Wildman–Crippen LogP) is 1.40. The molecule has 0 radical (unpaired) electrons. The number of hydrogen-bond acceptors (Lipinski definition) is 3. The largest absolute Gasteiger partial charge is 0.349 e. The number of hydrogen-bond donors (Lipinski definition) is 2. The molecule has 0 spiro atoms. The van der Waals surface area contributed by atoms with Crippen molar-refractivity contribution in [1.82, 2.24) is 10.3 Å². The highest BCUT2D eigenvalue weighted by atomic mass is 16.2. The second-order valence-electron chi connectivity index (χ2n) is 3.93. The van der Waals surface area contributed by atoms with E-state index in [1.165, 1.54) is 0 Å². The van der Waals surface area contributed by atoms with E-state index in [4.69, 9.17) is 5.73 Å². The first-order valence-corrected chi connectivity index (χ1v) is 5.75. The van der Waals surface area contributed by atoms with Gasteiger partial charge in [0.2, 0.25) is 5.91 Å². The van der Waals surface area contributed by atoms with Crippen molar-refractivity contribution in [3.05, 3.63) is 66.0 Å². The SMILES string of the molecule is N[C@@H](C(=O)NCc1ccccn1)c1ccccc1. The van der Waals surface area contributed by atoms with Gasteiger partial charge in [0.1, 0.15) is 6.04 Å². The van der Waals surface area contributed by atoms with Gasteiger partial charge in [-0.05, 0) is 17.7 Å². The smallest absolute Gasteiger partial charge is 0.241 e. The number of nitrogens with zero attached hydrogens (tertiary/aromatic N) is 1. The fourth-order valence-corrected chi connectivity index (χ4v) is 1.60. The van der Waals surface area contributed by atoms with Crippen molar-refractivity contribution in [1.29, 1.82) is 0 Å². The molecule has 1 atom stereocenters. The van der Waals surface area contributed by atoms with Crippen molar-refractivity contribution in [2.45, 2.75) is 12.6 Å². The van der Waals surface area contributed by atoms with Crippen LogP contribution in [0.1, 0.15) is 17.3 Å². The molecule has 92 valence electrons. The summed E-state index contributed by atoms with van der Waals surface area (Å²) in [6.07, 6.45) is 1.69. The molecular formula is C14H15N3O. The summed E-state index contributed by atoms with van der Waals surface area (Å²) < 4.78 is 0. The normalized spacial score (nSPS) is 11.8. The Kier molecular flexibility index (Phi) is 4.04. The summed E-state index contributed by atoms with van der Waals surface area (Å²) in [5.41, 5.74) is 7.48. The molecule has 0 saturated carbocycles. The van der Waals surface area contributed by atoms with Gasteiger partial charge in [0.05, 0.1) is 12.2 Å². The number of nitrogens with one attached hydrogen (secondary N) is 1. The molecule has 18 heavy (non-hydrogen) atoms. The van der Waals surface area contributed by atoms with Crippen LogP contribution in [0, 0.1) is 0 Å². The number of nitrogens with two attached hydrogens (primary N) is 1. The predicted molar refractivity (Wildman–Crippen MR) is 69.5 cm³/mol. The minimum atomic E-state index is -0.644. The number of aromatic nitrogens is 1. The van der Waals surface area contributed by atoms with Crippen LogP contribution in [-0.4, -0.2) is 10.9 Å². The molecule has 0 aliphatic heterocycles. The molecule has 1 amide bonds. The van der Waals surface area contributed by atoms with Crippen molar-refractivity contribution in [2.75, 3.05) is 0 Å². The molecule has 1 aromatic carbocycles. The second kappa shape index (κ2) is 5.93. The molecule has 3 N–H and O–H groups in total. The van der Waals surface area contributed by atoms with Crippen molar-refractivity contribution < 1.29 is 4.79 Å². The fourth-order valence-electron chi connectivity index (χ4n) is 1.60. The lowest BCUT2D eigenvalue weighted by Crippen LogP contribution is -2.33. The highest BCUT2D eigenvalue weighted by molar-refractivity contribution is 5.82. The molecule has 0 saturated heterocycles. The molecule has 4 nitrogen and oxygen atoms in total. The molecule has 0 aliphatic carbocycles. The summed E-state index contributed by atoms with van der Waals surface area (Å²) in [5, 5.41) is 2.77. The second-order valence-corrected chi connectivity index (χ2v) is 3.93. The van der Waals surface area contributed by atoms with E-state index in [9.17, 15) is 4.79 Å². The summed E-state index contributed by atoms with van der Waals surface area (Å²) >= 11 is 0. The molecular weight excluding hydrogens is 226 g/mol. The monoisotopic (exact) mass is 241 g/mol. The number of rotatable bonds is 4. The van der Waals surface area contributed by atoms with Gasteiger partial charge < -0.3 is 11.1 Å². The van der Waals surface area contributed by atoms with Crippen LogP contribution in [0.4, 0.5) is 0 Å². The van der Waals surface area contributed by atoms with E-state index in [1.807, 2.05) is 48.5 Å². The third-order valence-corrected chi connectivity index (χ3v) is 2.61. The summed E-state index contributed by atoms with van der Waals surface area (Å²) in [6, 6.07) is 14.2. The van der Waals surface area contributed by atoms with Crippen LogP contribution in [-0.2, 0) is 11.3 Å². The van der Waals surface area contributed by atoms with Gasteiger partial charge in [0, 0.05) is 6.20 Å². The first-order valence-electron chi connectivity index (χ1n) is 5.75. The van der Waals surface area contributed by atoms with Crippen LogP contribution in [0.2, 0.25) is 0 Å². The molecule has 1 aromatic heterocycles. The van der Waals surface area contributed by atoms with Gasteiger partial charge in [-0.2, -0.15) is 0 Å². The molecule has 1 heterocycles. The Morgan fingerprint density at radius 2 is 1.89 bits per heavy atom. The minimum Gasteiger partial charge on any atom is -0.349 e. The molecule has 4 heteroatoms. The molecule has 2 rings (SSSR count). The Morgan fingerprint density at radius 3 is 2.56 bits per heavy atom. The number of pyridine rings is 1. The van der Waals surface area contributed by atoms with E-state index in [0.717, 1.165) is 11.3 Å². The third kappa shape index (κ3) is 3.15. The van der Waals surface area contributed by atoms with Gasteiger partial charge in [-0.1, -0.05) is 36.4 Å². The van der Waals surface area contributed by atoms with E-state index < -0.39 is 6.04 Å². The number of carbonyl (C=O) groups excluding carboxylic acids is 1. The first-order chi connectivity index (χ1) is 8.77. The zero-order valence-electron chi connectivity index (χ0n) is 9.91. The van der Waals surface area contributed by atoms with Crippen LogP contribution in [0.25, 0.3) is 0 Å². The third-order valence-electron chi connectivity index (χ3n) is 2.61. The maximum Gasteiger partial charge on any atom is 0.241 e. The van der Waals surface area contributed by atoms with Crippen LogP contribution in [0.15, 0.2) is 54.7 Å². The summed E-state index contributed by atoms with van der Waals surface area (Å²) in [5.74, 6) is -0.202. The topological polar surface area (TPSA) is 68.0 Å². The maximum absolute atomic E-state index is 11.9. The Hall–Kier alpha value is -2.20. The highest BCUT2D eigenvalue weighted by Gasteiger charge is 2.14. The van der Waals surface area contributed by atoms with E-state index in [-0.39, 0.29) is 5.91 Å². The molecule has 0 fully saturated rings. The van der Waals surface area contributed by atoms with E-state index in [1.54, 1.807) is 6.20 Å². The number of amides is 1. The molecule has 0 aliphatic rings. The Morgan fingerprint density at radius 1 is 1.17 bits per heavy atom. The van der Waals surface area contributed by atoms with Gasteiger partial charge in [0.15, 0.2) is 0 Å². The average molecular weight is 241 g/mol.